The highest BCUT2D eigenvalue weighted by Gasteiger charge is 2.16. The SMILES string of the molecule is Cc1ccc(C(Cl)c2cc(C)c(F)c(C)c2)o1. The van der Waals surface area contributed by atoms with E-state index in [0.29, 0.717) is 16.9 Å². The van der Waals surface area contributed by atoms with Gasteiger partial charge in [-0.2, -0.15) is 0 Å². The van der Waals surface area contributed by atoms with Crippen LogP contribution in [-0.4, -0.2) is 0 Å². The zero-order valence-electron chi connectivity index (χ0n) is 10.1. The van der Waals surface area contributed by atoms with Gasteiger partial charge in [0.05, 0.1) is 0 Å². The summed E-state index contributed by atoms with van der Waals surface area (Å²) < 4.78 is 19.0. The fourth-order valence-electron chi connectivity index (χ4n) is 1.88. The molecule has 0 radical (unpaired) electrons. The zero-order valence-corrected chi connectivity index (χ0v) is 10.8. The van der Waals surface area contributed by atoms with Crippen LogP contribution in [0.3, 0.4) is 0 Å². The summed E-state index contributed by atoms with van der Waals surface area (Å²) >= 11 is 6.33. The van der Waals surface area contributed by atoms with E-state index in [9.17, 15) is 4.39 Å². The standard InChI is InChI=1S/C14H14ClFO/c1-8-6-11(7-9(2)14(8)16)13(15)12-5-4-10(3)17-12/h4-7,13H,1-3H3. The molecule has 0 bridgehead atoms. The molecule has 0 aliphatic heterocycles. The van der Waals surface area contributed by atoms with Crippen LogP contribution in [0.4, 0.5) is 4.39 Å². The molecule has 1 aromatic heterocycles. The molecule has 0 saturated heterocycles. The van der Waals surface area contributed by atoms with Crippen LogP contribution >= 0.6 is 11.6 Å². The average molecular weight is 253 g/mol. The van der Waals surface area contributed by atoms with Crippen molar-refractivity contribution in [1.29, 1.82) is 0 Å². The van der Waals surface area contributed by atoms with Crippen molar-refractivity contribution in [3.05, 3.63) is 58.3 Å². The lowest BCUT2D eigenvalue weighted by atomic mass is 10.0. The van der Waals surface area contributed by atoms with Crippen LogP contribution in [0.15, 0.2) is 28.7 Å². The topological polar surface area (TPSA) is 13.1 Å². The maximum absolute atomic E-state index is 13.5. The van der Waals surface area contributed by atoms with Gasteiger partial charge < -0.3 is 4.42 Å². The lowest BCUT2D eigenvalue weighted by Crippen LogP contribution is -1.96. The first-order chi connectivity index (χ1) is 7.99. The van der Waals surface area contributed by atoms with Crippen LogP contribution < -0.4 is 0 Å². The maximum atomic E-state index is 13.5. The Bertz CT molecular complexity index is 522. The molecule has 0 spiro atoms. The summed E-state index contributed by atoms with van der Waals surface area (Å²) in [6.07, 6.45) is 0. The Kier molecular flexibility index (Phi) is 3.25. The highest BCUT2D eigenvalue weighted by molar-refractivity contribution is 6.22. The van der Waals surface area contributed by atoms with Gasteiger partial charge >= 0.3 is 0 Å². The average Bonchev–Trinajstić information content (AvgIpc) is 2.71. The van der Waals surface area contributed by atoms with Crippen LogP contribution in [0.5, 0.6) is 0 Å². The summed E-state index contributed by atoms with van der Waals surface area (Å²) in [5.74, 6) is 1.34. The molecular formula is C14H14ClFO. The molecule has 0 fully saturated rings. The molecule has 0 N–H and O–H groups in total. The molecule has 1 atom stereocenters. The molecule has 0 aliphatic carbocycles. The van der Waals surface area contributed by atoms with Crippen LogP contribution in [-0.2, 0) is 0 Å². The number of benzene rings is 1. The smallest absolute Gasteiger partial charge is 0.129 e. The Morgan fingerprint density at radius 2 is 1.71 bits per heavy atom. The predicted molar refractivity (Wildman–Crippen MR) is 67.0 cm³/mol. The minimum Gasteiger partial charge on any atom is -0.464 e. The summed E-state index contributed by atoms with van der Waals surface area (Å²) in [5, 5.41) is -0.373. The van der Waals surface area contributed by atoms with Crippen molar-refractivity contribution in [3.8, 4) is 0 Å². The molecular weight excluding hydrogens is 239 g/mol. The second-order valence-electron chi connectivity index (χ2n) is 4.28. The Morgan fingerprint density at radius 3 is 2.18 bits per heavy atom. The van der Waals surface area contributed by atoms with Crippen LogP contribution in [0.25, 0.3) is 0 Å². The highest BCUT2D eigenvalue weighted by Crippen LogP contribution is 2.31. The first-order valence-electron chi connectivity index (χ1n) is 5.46. The molecule has 17 heavy (non-hydrogen) atoms. The third-order valence-electron chi connectivity index (χ3n) is 2.76. The van der Waals surface area contributed by atoms with Gasteiger partial charge in [-0.05, 0) is 49.6 Å². The number of rotatable bonds is 2. The molecule has 1 nitrogen and oxygen atoms in total. The van der Waals surface area contributed by atoms with E-state index >= 15 is 0 Å². The summed E-state index contributed by atoms with van der Waals surface area (Å²) in [7, 11) is 0. The fourth-order valence-corrected chi connectivity index (χ4v) is 2.12. The molecule has 1 aromatic carbocycles. The molecule has 0 amide bonds. The van der Waals surface area contributed by atoms with Crippen LogP contribution in [0.1, 0.15) is 33.6 Å². The normalized spacial score (nSPS) is 12.8. The van der Waals surface area contributed by atoms with E-state index in [4.69, 9.17) is 16.0 Å². The largest absolute Gasteiger partial charge is 0.464 e. The monoisotopic (exact) mass is 252 g/mol. The Morgan fingerprint density at radius 1 is 1.12 bits per heavy atom. The lowest BCUT2D eigenvalue weighted by molar-refractivity contribution is 0.488. The number of furan rings is 1. The first kappa shape index (κ1) is 12.2. The molecule has 90 valence electrons. The number of hydrogen-bond acceptors (Lipinski definition) is 1. The van der Waals surface area contributed by atoms with E-state index < -0.39 is 0 Å². The summed E-state index contributed by atoms with van der Waals surface area (Å²) in [6, 6.07) is 7.24. The first-order valence-corrected chi connectivity index (χ1v) is 5.89. The van der Waals surface area contributed by atoms with Crippen molar-refractivity contribution >= 4 is 11.6 Å². The second-order valence-corrected chi connectivity index (χ2v) is 4.72. The van der Waals surface area contributed by atoms with Gasteiger partial charge in [-0.1, -0.05) is 12.1 Å². The lowest BCUT2D eigenvalue weighted by Gasteiger charge is -2.10. The van der Waals surface area contributed by atoms with Gasteiger partial charge in [0.2, 0.25) is 0 Å². The maximum Gasteiger partial charge on any atom is 0.129 e. The zero-order chi connectivity index (χ0) is 12.6. The molecule has 0 aliphatic rings. The molecule has 1 heterocycles. The number of halogens is 2. The van der Waals surface area contributed by atoms with Crippen molar-refractivity contribution in [2.45, 2.75) is 26.1 Å². The summed E-state index contributed by atoms with van der Waals surface area (Å²) in [4.78, 5) is 0. The van der Waals surface area contributed by atoms with Crippen molar-refractivity contribution in [2.75, 3.05) is 0 Å². The van der Waals surface area contributed by atoms with Gasteiger partial charge in [-0.25, -0.2) is 4.39 Å². The molecule has 2 rings (SSSR count). The number of aryl methyl sites for hydroxylation is 3. The van der Waals surface area contributed by atoms with Crippen LogP contribution in [0.2, 0.25) is 0 Å². The third-order valence-corrected chi connectivity index (χ3v) is 3.23. The minimum absolute atomic E-state index is 0.173. The van der Waals surface area contributed by atoms with Gasteiger partial charge in [0.1, 0.15) is 22.7 Å². The molecule has 2 aromatic rings. The van der Waals surface area contributed by atoms with Gasteiger partial charge in [-0.15, -0.1) is 11.6 Å². The van der Waals surface area contributed by atoms with E-state index in [2.05, 4.69) is 0 Å². The highest BCUT2D eigenvalue weighted by atomic mass is 35.5. The fraction of sp³-hybridized carbons (Fsp3) is 0.286. The van der Waals surface area contributed by atoms with Gasteiger partial charge in [0.15, 0.2) is 0 Å². The molecule has 1 unspecified atom stereocenters. The minimum atomic E-state index is -0.373. The third kappa shape index (κ3) is 2.37. The van der Waals surface area contributed by atoms with Crippen molar-refractivity contribution in [3.63, 3.8) is 0 Å². The molecule has 3 heteroatoms. The van der Waals surface area contributed by atoms with Crippen molar-refractivity contribution in [1.82, 2.24) is 0 Å². The van der Waals surface area contributed by atoms with E-state index in [1.165, 1.54) is 0 Å². The number of hydrogen-bond donors (Lipinski definition) is 0. The Balaban J connectivity index is 2.41. The predicted octanol–water partition coefficient (Wildman–Crippen LogP) is 4.67. The van der Waals surface area contributed by atoms with Gasteiger partial charge in [0, 0.05) is 0 Å². The summed E-state index contributed by atoms with van der Waals surface area (Å²) in [5.41, 5.74) is 2.07. The van der Waals surface area contributed by atoms with Gasteiger partial charge in [0.25, 0.3) is 0 Å². The van der Waals surface area contributed by atoms with Crippen molar-refractivity contribution in [2.24, 2.45) is 0 Å². The van der Waals surface area contributed by atoms with Gasteiger partial charge in [-0.3, -0.25) is 0 Å². The molecule has 0 saturated carbocycles. The second kappa shape index (κ2) is 4.53. The van der Waals surface area contributed by atoms with E-state index in [1.54, 1.807) is 26.0 Å². The van der Waals surface area contributed by atoms with Crippen molar-refractivity contribution < 1.29 is 8.81 Å². The van der Waals surface area contributed by atoms with E-state index in [1.807, 2.05) is 19.1 Å². The quantitative estimate of drug-likeness (QED) is 0.708. The Labute approximate surface area is 105 Å². The summed E-state index contributed by atoms with van der Waals surface area (Å²) in [6.45, 7) is 5.35. The van der Waals surface area contributed by atoms with E-state index in [-0.39, 0.29) is 11.2 Å². The van der Waals surface area contributed by atoms with Crippen LogP contribution in [0, 0.1) is 26.6 Å². The number of alkyl halides is 1. The van der Waals surface area contributed by atoms with E-state index in [0.717, 1.165) is 11.3 Å². The Hall–Kier alpha value is -1.28.